The molecule has 4 N–H and O–H groups in total. The lowest BCUT2D eigenvalue weighted by molar-refractivity contribution is -0.137. The van der Waals surface area contributed by atoms with Crippen molar-refractivity contribution in [2.45, 2.75) is 51.1 Å². The molecule has 1 aromatic carbocycles. The predicted molar refractivity (Wildman–Crippen MR) is 106 cm³/mol. The highest BCUT2D eigenvalue weighted by atomic mass is 16.2. The van der Waals surface area contributed by atoms with Crippen molar-refractivity contribution in [1.82, 2.24) is 10.2 Å². The molecule has 9 nitrogen and oxygen atoms in total. The Morgan fingerprint density at radius 1 is 1.03 bits per heavy atom. The van der Waals surface area contributed by atoms with Crippen molar-refractivity contribution in [3.8, 4) is 0 Å². The van der Waals surface area contributed by atoms with Crippen LogP contribution in [-0.4, -0.2) is 40.5 Å². The number of primary amides is 1. The highest BCUT2D eigenvalue weighted by molar-refractivity contribution is 6.09. The van der Waals surface area contributed by atoms with Gasteiger partial charge in [0.15, 0.2) is 0 Å². The van der Waals surface area contributed by atoms with E-state index in [0.717, 1.165) is 5.56 Å². The zero-order valence-electron chi connectivity index (χ0n) is 16.5. The van der Waals surface area contributed by atoms with Gasteiger partial charge in [-0.2, -0.15) is 0 Å². The summed E-state index contributed by atoms with van der Waals surface area (Å²) in [6.45, 7) is 0.258. The number of carbonyl (C=O) groups excluding carboxylic acids is 5. The van der Waals surface area contributed by atoms with Gasteiger partial charge in [0.25, 0.3) is 5.91 Å². The highest BCUT2D eigenvalue weighted by Crippen LogP contribution is 2.34. The minimum Gasteiger partial charge on any atom is -0.369 e. The molecule has 4 rings (SSSR count). The van der Waals surface area contributed by atoms with Crippen LogP contribution in [0.3, 0.4) is 0 Å². The Kier molecular flexibility index (Phi) is 5.27. The standard InChI is InChI=1S/C21H24N4O5/c22-18(27)11-4-6-12(7-5-11)19(28)23-14-3-1-2-13-10-25(21(30)17(13)14)15-8-9-16(26)24-20(15)29/h1-3,11-12,15H,4-10H2,(H2,22,27)(H,23,28)(H,24,26,29). The fourth-order valence-corrected chi connectivity index (χ4v) is 4.59. The summed E-state index contributed by atoms with van der Waals surface area (Å²) in [4.78, 5) is 62.2. The first-order chi connectivity index (χ1) is 14.3. The second-order valence-electron chi connectivity index (χ2n) is 8.18. The van der Waals surface area contributed by atoms with Crippen LogP contribution < -0.4 is 16.4 Å². The summed E-state index contributed by atoms with van der Waals surface area (Å²) in [7, 11) is 0. The fourth-order valence-electron chi connectivity index (χ4n) is 4.59. The van der Waals surface area contributed by atoms with Gasteiger partial charge in [0.05, 0.1) is 11.3 Å². The quantitative estimate of drug-likeness (QED) is 0.624. The maximum absolute atomic E-state index is 13.1. The van der Waals surface area contributed by atoms with E-state index < -0.39 is 11.9 Å². The van der Waals surface area contributed by atoms with E-state index in [-0.39, 0.29) is 54.9 Å². The summed E-state index contributed by atoms with van der Waals surface area (Å²) >= 11 is 0. The van der Waals surface area contributed by atoms with Crippen molar-refractivity contribution in [3.63, 3.8) is 0 Å². The number of amides is 5. The van der Waals surface area contributed by atoms with E-state index in [1.54, 1.807) is 18.2 Å². The topological polar surface area (TPSA) is 139 Å². The Hall–Kier alpha value is -3.23. The molecule has 9 heteroatoms. The first kappa shape index (κ1) is 20.1. The Morgan fingerprint density at radius 2 is 1.73 bits per heavy atom. The van der Waals surface area contributed by atoms with Crippen molar-refractivity contribution in [3.05, 3.63) is 29.3 Å². The fraction of sp³-hybridized carbons (Fsp3) is 0.476. The number of piperidine rings is 1. The van der Waals surface area contributed by atoms with Crippen LogP contribution in [0.15, 0.2) is 18.2 Å². The summed E-state index contributed by atoms with van der Waals surface area (Å²) in [5, 5.41) is 5.15. The molecular weight excluding hydrogens is 388 g/mol. The molecule has 158 valence electrons. The molecule has 2 fully saturated rings. The van der Waals surface area contributed by atoms with Crippen molar-refractivity contribution in [2.24, 2.45) is 17.6 Å². The largest absolute Gasteiger partial charge is 0.369 e. The number of nitrogens with zero attached hydrogens (tertiary/aromatic N) is 1. The molecule has 1 aliphatic carbocycles. The smallest absolute Gasteiger partial charge is 0.257 e. The average molecular weight is 412 g/mol. The van der Waals surface area contributed by atoms with Gasteiger partial charge in [-0.3, -0.25) is 29.3 Å². The zero-order valence-corrected chi connectivity index (χ0v) is 16.5. The number of anilines is 1. The van der Waals surface area contributed by atoms with Crippen LogP contribution in [0.4, 0.5) is 5.69 Å². The lowest BCUT2D eigenvalue weighted by Gasteiger charge is -2.29. The molecule has 1 aromatic rings. The first-order valence-electron chi connectivity index (χ1n) is 10.2. The predicted octanol–water partition coefficient (Wildman–Crippen LogP) is 0.678. The van der Waals surface area contributed by atoms with Gasteiger partial charge in [0.2, 0.25) is 23.6 Å². The van der Waals surface area contributed by atoms with Gasteiger partial charge < -0.3 is 16.0 Å². The summed E-state index contributed by atoms with van der Waals surface area (Å²) in [5.41, 5.74) is 6.90. The number of nitrogens with two attached hydrogens (primary N) is 1. The lowest BCUT2D eigenvalue weighted by atomic mass is 9.81. The van der Waals surface area contributed by atoms with Gasteiger partial charge in [-0.15, -0.1) is 0 Å². The van der Waals surface area contributed by atoms with Gasteiger partial charge in [0.1, 0.15) is 6.04 Å². The molecule has 0 bridgehead atoms. The van der Waals surface area contributed by atoms with E-state index >= 15 is 0 Å². The summed E-state index contributed by atoms with van der Waals surface area (Å²) < 4.78 is 0. The van der Waals surface area contributed by atoms with Crippen LogP contribution in [0.1, 0.15) is 54.4 Å². The molecule has 2 heterocycles. The van der Waals surface area contributed by atoms with Crippen LogP contribution in [-0.2, 0) is 25.7 Å². The molecule has 1 atom stereocenters. The van der Waals surface area contributed by atoms with Gasteiger partial charge in [-0.25, -0.2) is 0 Å². The monoisotopic (exact) mass is 412 g/mol. The second kappa shape index (κ2) is 7.89. The summed E-state index contributed by atoms with van der Waals surface area (Å²) in [6.07, 6.45) is 2.80. The maximum Gasteiger partial charge on any atom is 0.257 e. The van der Waals surface area contributed by atoms with Crippen LogP contribution in [0.2, 0.25) is 0 Å². The molecule has 1 saturated heterocycles. The van der Waals surface area contributed by atoms with Crippen LogP contribution in [0.5, 0.6) is 0 Å². The molecule has 3 aliphatic rings. The van der Waals surface area contributed by atoms with E-state index in [1.807, 2.05) is 0 Å². The normalized spacial score (nSPS) is 26.2. The SMILES string of the molecule is NC(=O)C1CCC(C(=O)Nc2cccc3c2C(=O)N(C2CCC(=O)NC2=O)C3)CC1. The van der Waals surface area contributed by atoms with E-state index in [0.29, 0.717) is 36.9 Å². The van der Waals surface area contributed by atoms with Crippen molar-refractivity contribution >= 4 is 35.2 Å². The van der Waals surface area contributed by atoms with Gasteiger partial charge >= 0.3 is 0 Å². The second-order valence-corrected chi connectivity index (χ2v) is 8.18. The number of hydrogen-bond acceptors (Lipinski definition) is 5. The van der Waals surface area contributed by atoms with Crippen LogP contribution in [0, 0.1) is 11.8 Å². The van der Waals surface area contributed by atoms with Gasteiger partial charge in [-0.05, 0) is 43.7 Å². The van der Waals surface area contributed by atoms with Crippen molar-refractivity contribution in [2.75, 3.05) is 5.32 Å². The Bertz CT molecular complexity index is 935. The Morgan fingerprint density at radius 3 is 2.40 bits per heavy atom. The van der Waals surface area contributed by atoms with Crippen LogP contribution in [0.25, 0.3) is 0 Å². The lowest BCUT2D eigenvalue weighted by Crippen LogP contribution is -2.52. The van der Waals surface area contributed by atoms with E-state index in [9.17, 15) is 24.0 Å². The van der Waals surface area contributed by atoms with E-state index in [4.69, 9.17) is 5.73 Å². The Balaban J connectivity index is 1.47. The maximum atomic E-state index is 13.1. The number of benzene rings is 1. The third-order valence-electron chi connectivity index (χ3n) is 6.31. The molecule has 0 aromatic heterocycles. The van der Waals surface area contributed by atoms with Crippen LogP contribution >= 0.6 is 0 Å². The number of rotatable bonds is 4. The highest BCUT2D eigenvalue weighted by Gasteiger charge is 2.40. The van der Waals surface area contributed by atoms with Crippen molar-refractivity contribution in [1.29, 1.82) is 0 Å². The minimum atomic E-state index is -0.699. The number of carbonyl (C=O) groups is 5. The van der Waals surface area contributed by atoms with Gasteiger partial charge in [0, 0.05) is 24.8 Å². The molecule has 1 saturated carbocycles. The van der Waals surface area contributed by atoms with Crippen molar-refractivity contribution < 1.29 is 24.0 Å². The third kappa shape index (κ3) is 3.67. The van der Waals surface area contributed by atoms with E-state index in [2.05, 4.69) is 10.6 Å². The minimum absolute atomic E-state index is 0.182. The number of nitrogens with one attached hydrogen (secondary N) is 2. The average Bonchev–Trinajstić information content (AvgIpc) is 3.05. The first-order valence-corrected chi connectivity index (χ1v) is 10.2. The van der Waals surface area contributed by atoms with Gasteiger partial charge in [-0.1, -0.05) is 12.1 Å². The molecular formula is C21H24N4O5. The Labute approximate surface area is 173 Å². The summed E-state index contributed by atoms with van der Waals surface area (Å²) in [6, 6.07) is 4.54. The summed E-state index contributed by atoms with van der Waals surface area (Å²) in [5.74, 6) is -2.05. The molecule has 0 spiro atoms. The molecule has 30 heavy (non-hydrogen) atoms. The molecule has 0 radical (unpaired) electrons. The molecule has 1 unspecified atom stereocenters. The third-order valence-corrected chi connectivity index (χ3v) is 6.31. The molecule has 2 aliphatic heterocycles. The van der Waals surface area contributed by atoms with E-state index in [1.165, 1.54) is 4.90 Å². The zero-order chi connectivity index (χ0) is 21.4. The number of hydrogen-bond donors (Lipinski definition) is 3. The number of imide groups is 1. The number of fused-ring (bicyclic) bond motifs is 1. The molecule has 5 amide bonds.